The van der Waals surface area contributed by atoms with Crippen LogP contribution in [0.25, 0.3) is 11.6 Å². The molecule has 104 valence electrons. The molecule has 0 radical (unpaired) electrons. The van der Waals surface area contributed by atoms with Gasteiger partial charge in [-0.05, 0) is 41.5 Å². The second-order valence-electron chi connectivity index (χ2n) is 4.35. The average Bonchev–Trinajstić information content (AvgIpc) is 2.53. The Morgan fingerprint density at radius 1 is 1.14 bits per heavy atom. The molecule has 0 N–H and O–H groups in total. The SMILES string of the molecule is C=CCOc1ccc(C=C(C#N)c2ccc(Cl)cc2)cc1. The van der Waals surface area contributed by atoms with Gasteiger partial charge in [0.2, 0.25) is 0 Å². The molecule has 0 unspecified atom stereocenters. The van der Waals surface area contributed by atoms with Crippen LogP contribution in [0.4, 0.5) is 0 Å². The van der Waals surface area contributed by atoms with Crippen LogP contribution in [0.5, 0.6) is 5.75 Å². The van der Waals surface area contributed by atoms with Gasteiger partial charge in [-0.2, -0.15) is 5.26 Å². The average molecular weight is 296 g/mol. The highest BCUT2D eigenvalue weighted by molar-refractivity contribution is 6.30. The predicted molar refractivity (Wildman–Crippen MR) is 87.1 cm³/mol. The van der Waals surface area contributed by atoms with E-state index in [1.807, 2.05) is 42.5 Å². The highest BCUT2D eigenvalue weighted by atomic mass is 35.5. The summed E-state index contributed by atoms with van der Waals surface area (Å²) in [7, 11) is 0. The number of benzene rings is 2. The number of nitrogens with zero attached hydrogens (tertiary/aromatic N) is 1. The van der Waals surface area contributed by atoms with Gasteiger partial charge in [-0.3, -0.25) is 0 Å². The minimum atomic E-state index is 0.476. The summed E-state index contributed by atoms with van der Waals surface area (Å²) in [5.41, 5.74) is 2.37. The molecule has 0 amide bonds. The first-order chi connectivity index (χ1) is 10.2. The molecule has 0 aliphatic rings. The van der Waals surface area contributed by atoms with Crippen LogP contribution in [0.2, 0.25) is 5.02 Å². The van der Waals surface area contributed by atoms with Crippen LogP contribution < -0.4 is 4.74 Å². The quantitative estimate of drug-likeness (QED) is 0.443. The predicted octanol–water partition coefficient (Wildman–Crippen LogP) is 4.97. The van der Waals surface area contributed by atoms with Gasteiger partial charge in [-0.25, -0.2) is 0 Å². The van der Waals surface area contributed by atoms with Crippen LogP contribution in [0.3, 0.4) is 0 Å². The second-order valence-corrected chi connectivity index (χ2v) is 4.78. The van der Waals surface area contributed by atoms with Crippen molar-refractivity contribution in [1.29, 1.82) is 5.26 Å². The molecule has 0 atom stereocenters. The van der Waals surface area contributed by atoms with Crippen LogP contribution in [-0.4, -0.2) is 6.61 Å². The zero-order valence-electron chi connectivity index (χ0n) is 11.4. The third-order valence-electron chi connectivity index (χ3n) is 2.83. The van der Waals surface area contributed by atoms with Gasteiger partial charge in [-0.1, -0.05) is 48.5 Å². The van der Waals surface area contributed by atoms with Gasteiger partial charge in [0.25, 0.3) is 0 Å². The molecule has 0 heterocycles. The van der Waals surface area contributed by atoms with Gasteiger partial charge < -0.3 is 4.74 Å². The fourth-order valence-corrected chi connectivity index (χ4v) is 1.92. The Labute approximate surface area is 129 Å². The molecule has 0 bridgehead atoms. The maximum atomic E-state index is 9.29. The van der Waals surface area contributed by atoms with Gasteiger partial charge in [0, 0.05) is 5.02 Å². The Morgan fingerprint density at radius 3 is 2.38 bits per heavy atom. The molecule has 0 fully saturated rings. The maximum absolute atomic E-state index is 9.29. The fourth-order valence-electron chi connectivity index (χ4n) is 1.79. The number of ether oxygens (including phenoxy) is 1. The first-order valence-electron chi connectivity index (χ1n) is 6.44. The van der Waals surface area contributed by atoms with Crippen molar-refractivity contribution in [2.75, 3.05) is 6.61 Å². The summed E-state index contributed by atoms with van der Waals surface area (Å²) < 4.78 is 5.42. The van der Waals surface area contributed by atoms with Crippen LogP contribution in [-0.2, 0) is 0 Å². The number of rotatable bonds is 5. The number of hydrogen-bond acceptors (Lipinski definition) is 2. The molecule has 0 aromatic heterocycles. The topological polar surface area (TPSA) is 33.0 Å². The van der Waals surface area contributed by atoms with E-state index in [4.69, 9.17) is 16.3 Å². The van der Waals surface area contributed by atoms with Gasteiger partial charge in [0.15, 0.2) is 0 Å². The van der Waals surface area contributed by atoms with Crippen LogP contribution in [0.1, 0.15) is 11.1 Å². The van der Waals surface area contributed by atoms with Gasteiger partial charge >= 0.3 is 0 Å². The van der Waals surface area contributed by atoms with E-state index in [0.717, 1.165) is 16.9 Å². The summed E-state index contributed by atoms with van der Waals surface area (Å²) in [6.45, 7) is 4.08. The van der Waals surface area contributed by atoms with E-state index in [2.05, 4.69) is 12.6 Å². The van der Waals surface area contributed by atoms with Crippen LogP contribution in [0.15, 0.2) is 61.2 Å². The molecule has 0 saturated heterocycles. The highest BCUT2D eigenvalue weighted by Gasteiger charge is 2.01. The number of allylic oxidation sites excluding steroid dienone is 1. The fraction of sp³-hybridized carbons (Fsp3) is 0.0556. The molecule has 0 aliphatic carbocycles. The monoisotopic (exact) mass is 295 g/mol. The Bertz CT molecular complexity index is 679. The zero-order valence-corrected chi connectivity index (χ0v) is 12.2. The summed E-state index contributed by atoms with van der Waals surface area (Å²) in [5, 5.41) is 9.95. The third-order valence-corrected chi connectivity index (χ3v) is 3.09. The summed E-state index contributed by atoms with van der Waals surface area (Å²) in [5.74, 6) is 0.775. The van der Waals surface area contributed by atoms with E-state index >= 15 is 0 Å². The first-order valence-corrected chi connectivity index (χ1v) is 6.82. The molecule has 0 aliphatic heterocycles. The minimum absolute atomic E-state index is 0.476. The summed E-state index contributed by atoms with van der Waals surface area (Å²) in [6.07, 6.45) is 3.53. The largest absolute Gasteiger partial charge is 0.490 e. The molecular weight excluding hydrogens is 282 g/mol. The van der Waals surface area contributed by atoms with Crippen molar-refractivity contribution in [3.8, 4) is 11.8 Å². The maximum Gasteiger partial charge on any atom is 0.119 e. The van der Waals surface area contributed by atoms with Crippen LogP contribution >= 0.6 is 11.6 Å². The van der Waals surface area contributed by atoms with Crippen molar-refractivity contribution in [2.45, 2.75) is 0 Å². The molecule has 2 aromatic carbocycles. The lowest BCUT2D eigenvalue weighted by atomic mass is 10.0. The molecule has 2 rings (SSSR count). The van der Waals surface area contributed by atoms with E-state index < -0.39 is 0 Å². The lowest BCUT2D eigenvalue weighted by Gasteiger charge is -2.04. The van der Waals surface area contributed by atoms with Gasteiger partial charge in [0.1, 0.15) is 12.4 Å². The van der Waals surface area contributed by atoms with Crippen molar-refractivity contribution in [3.63, 3.8) is 0 Å². The molecule has 3 heteroatoms. The smallest absolute Gasteiger partial charge is 0.119 e. The van der Waals surface area contributed by atoms with Crippen LogP contribution in [0, 0.1) is 11.3 Å². The molecule has 0 spiro atoms. The van der Waals surface area contributed by atoms with Crippen molar-refractivity contribution >= 4 is 23.3 Å². The van der Waals surface area contributed by atoms with Gasteiger partial charge in [-0.15, -0.1) is 0 Å². The van der Waals surface area contributed by atoms with Crippen molar-refractivity contribution in [1.82, 2.24) is 0 Å². The molecule has 2 nitrogen and oxygen atoms in total. The normalized spacial score (nSPS) is 10.8. The summed E-state index contributed by atoms with van der Waals surface area (Å²) in [6, 6.07) is 17.0. The second kappa shape index (κ2) is 7.33. The third kappa shape index (κ3) is 4.24. The van der Waals surface area contributed by atoms with E-state index in [1.165, 1.54) is 0 Å². The Kier molecular flexibility index (Phi) is 5.20. The number of halogens is 1. The van der Waals surface area contributed by atoms with E-state index in [0.29, 0.717) is 17.2 Å². The number of hydrogen-bond donors (Lipinski definition) is 0. The van der Waals surface area contributed by atoms with Crippen molar-refractivity contribution in [3.05, 3.63) is 77.3 Å². The molecule has 0 saturated carbocycles. The number of nitriles is 1. The highest BCUT2D eigenvalue weighted by Crippen LogP contribution is 2.21. The van der Waals surface area contributed by atoms with E-state index in [-0.39, 0.29) is 0 Å². The Hall–Kier alpha value is -2.50. The lowest BCUT2D eigenvalue weighted by molar-refractivity contribution is 0.363. The summed E-state index contributed by atoms with van der Waals surface area (Å²) >= 11 is 5.86. The standard InChI is InChI=1S/C18H14ClNO/c1-2-11-21-18-9-3-14(4-10-18)12-16(13-20)15-5-7-17(19)8-6-15/h2-10,12H,1,11H2. The summed E-state index contributed by atoms with van der Waals surface area (Å²) in [4.78, 5) is 0. The Morgan fingerprint density at radius 2 is 1.81 bits per heavy atom. The molecule has 21 heavy (non-hydrogen) atoms. The lowest BCUT2D eigenvalue weighted by Crippen LogP contribution is -1.92. The zero-order chi connectivity index (χ0) is 15.1. The van der Waals surface area contributed by atoms with E-state index in [1.54, 1.807) is 18.2 Å². The van der Waals surface area contributed by atoms with Crippen molar-refractivity contribution in [2.24, 2.45) is 0 Å². The first kappa shape index (κ1) is 14.9. The van der Waals surface area contributed by atoms with Crippen molar-refractivity contribution < 1.29 is 4.74 Å². The van der Waals surface area contributed by atoms with E-state index in [9.17, 15) is 5.26 Å². The minimum Gasteiger partial charge on any atom is -0.490 e. The van der Waals surface area contributed by atoms with Gasteiger partial charge in [0.05, 0.1) is 11.6 Å². The molecule has 2 aromatic rings. The Balaban J connectivity index is 2.22. The molecular formula is C18H14ClNO.